The van der Waals surface area contributed by atoms with E-state index >= 15 is 0 Å². The second kappa shape index (κ2) is 6.98. The number of hydrogen-bond acceptors (Lipinski definition) is 4. The normalized spacial score (nSPS) is 34.0. The molecule has 4 rings (SSSR count). The number of piperidine rings is 3. The van der Waals surface area contributed by atoms with Gasteiger partial charge in [-0.05, 0) is 77.9 Å². The van der Waals surface area contributed by atoms with Crippen LogP contribution in [0.2, 0.25) is 0 Å². The van der Waals surface area contributed by atoms with Crippen LogP contribution in [-0.2, 0) is 4.74 Å². The Morgan fingerprint density at radius 3 is 2.48 bits per heavy atom. The van der Waals surface area contributed by atoms with Gasteiger partial charge in [0.2, 0.25) is 0 Å². The molecule has 5 heteroatoms. The Morgan fingerprint density at radius 2 is 1.87 bits per heavy atom. The summed E-state index contributed by atoms with van der Waals surface area (Å²) in [5, 5.41) is 3.79. The molecule has 4 heterocycles. The van der Waals surface area contributed by atoms with E-state index in [0.29, 0.717) is 12.0 Å². The number of amides is 1. The lowest BCUT2D eigenvalue weighted by molar-refractivity contribution is 0.0287. The number of carbonyl (C=O) groups is 1. The van der Waals surface area contributed by atoms with Gasteiger partial charge in [-0.3, -0.25) is 0 Å². The molecule has 0 aromatic heterocycles. The van der Waals surface area contributed by atoms with Gasteiger partial charge in [0.15, 0.2) is 0 Å². The van der Waals surface area contributed by atoms with Crippen molar-refractivity contribution in [1.82, 2.24) is 15.1 Å². The maximum absolute atomic E-state index is 12.1. The molecule has 0 radical (unpaired) electrons. The van der Waals surface area contributed by atoms with Crippen LogP contribution >= 0.6 is 0 Å². The minimum atomic E-state index is -0.396. The van der Waals surface area contributed by atoms with Crippen molar-refractivity contribution in [2.24, 2.45) is 11.8 Å². The molecular weight excluding hydrogens is 290 g/mol. The monoisotopic (exact) mass is 323 g/mol. The Morgan fingerprint density at radius 1 is 1.13 bits per heavy atom. The van der Waals surface area contributed by atoms with E-state index in [4.69, 9.17) is 4.74 Å². The molecule has 0 aromatic rings. The van der Waals surface area contributed by atoms with E-state index in [2.05, 4.69) is 10.2 Å². The van der Waals surface area contributed by atoms with Crippen molar-refractivity contribution < 1.29 is 9.53 Å². The zero-order valence-electron chi connectivity index (χ0n) is 15.0. The average Bonchev–Trinajstić information content (AvgIpc) is 2.96. The predicted octanol–water partition coefficient (Wildman–Crippen LogP) is 2.32. The molecule has 0 saturated carbocycles. The first-order chi connectivity index (χ1) is 10.9. The van der Waals surface area contributed by atoms with E-state index in [0.717, 1.165) is 32.0 Å². The van der Waals surface area contributed by atoms with E-state index in [-0.39, 0.29) is 6.09 Å². The van der Waals surface area contributed by atoms with E-state index in [1.807, 2.05) is 25.7 Å². The molecule has 4 fully saturated rings. The zero-order chi connectivity index (χ0) is 16.4. The van der Waals surface area contributed by atoms with Crippen molar-refractivity contribution in [3.05, 3.63) is 0 Å². The lowest BCUT2D eigenvalue weighted by Gasteiger charge is -2.45. The van der Waals surface area contributed by atoms with Gasteiger partial charge < -0.3 is 19.9 Å². The Kier molecular flexibility index (Phi) is 5.16. The molecule has 0 aliphatic carbocycles. The molecule has 1 N–H and O–H groups in total. The molecule has 23 heavy (non-hydrogen) atoms. The largest absolute Gasteiger partial charge is 0.444 e. The van der Waals surface area contributed by atoms with E-state index < -0.39 is 5.60 Å². The van der Waals surface area contributed by atoms with Gasteiger partial charge in [0.05, 0.1) is 0 Å². The van der Waals surface area contributed by atoms with Gasteiger partial charge in [-0.15, -0.1) is 0 Å². The number of ether oxygens (including phenoxy) is 1. The van der Waals surface area contributed by atoms with Crippen molar-refractivity contribution in [1.29, 1.82) is 0 Å². The fourth-order valence-electron chi connectivity index (χ4n) is 4.23. The summed E-state index contributed by atoms with van der Waals surface area (Å²) in [7, 11) is 0. The third kappa shape index (κ3) is 4.60. The predicted molar refractivity (Wildman–Crippen MR) is 91.5 cm³/mol. The average molecular weight is 323 g/mol. The van der Waals surface area contributed by atoms with Crippen LogP contribution in [0.4, 0.5) is 4.79 Å². The Bertz CT molecular complexity index is 413. The van der Waals surface area contributed by atoms with Crippen LogP contribution in [-0.4, -0.2) is 66.8 Å². The highest BCUT2D eigenvalue weighted by molar-refractivity contribution is 5.68. The van der Waals surface area contributed by atoms with E-state index in [1.54, 1.807) is 0 Å². The van der Waals surface area contributed by atoms with Gasteiger partial charge in [0.1, 0.15) is 5.60 Å². The number of nitrogens with one attached hydrogen (secondary N) is 1. The molecule has 0 aromatic carbocycles. The molecule has 4 aliphatic rings. The summed E-state index contributed by atoms with van der Waals surface area (Å²) in [5.41, 5.74) is -0.396. The van der Waals surface area contributed by atoms with Gasteiger partial charge in [-0.2, -0.15) is 0 Å². The SMILES string of the molecule is CC(C)(C)OC(=O)N1CCC(CCNC2CN3CCC2CC3)C1. The molecule has 4 saturated heterocycles. The molecule has 132 valence electrons. The van der Waals surface area contributed by atoms with Crippen molar-refractivity contribution in [2.75, 3.05) is 39.3 Å². The summed E-state index contributed by atoms with van der Waals surface area (Å²) in [4.78, 5) is 16.6. The Hall–Kier alpha value is -0.810. The summed E-state index contributed by atoms with van der Waals surface area (Å²) in [5.74, 6) is 1.51. The number of hydrogen-bond donors (Lipinski definition) is 1. The van der Waals surface area contributed by atoms with Crippen molar-refractivity contribution in [3.63, 3.8) is 0 Å². The van der Waals surface area contributed by atoms with Crippen molar-refractivity contribution in [2.45, 2.75) is 58.1 Å². The molecule has 2 unspecified atom stereocenters. The molecule has 0 spiro atoms. The van der Waals surface area contributed by atoms with Crippen LogP contribution in [0.15, 0.2) is 0 Å². The van der Waals surface area contributed by atoms with Crippen LogP contribution in [0.1, 0.15) is 46.5 Å². The van der Waals surface area contributed by atoms with E-state index in [9.17, 15) is 4.79 Å². The summed E-state index contributed by atoms with van der Waals surface area (Å²) in [6.45, 7) is 12.4. The third-order valence-electron chi connectivity index (χ3n) is 5.55. The van der Waals surface area contributed by atoms with Crippen molar-refractivity contribution in [3.8, 4) is 0 Å². The highest BCUT2D eigenvalue weighted by Gasteiger charge is 2.34. The minimum absolute atomic E-state index is 0.148. The van der Waals surface area contributed by atoms with Gasteiger partial charge >= 0.3 is 6.09 Å². The number of rotatable bonds is 4. The second-order valence-electron chi connectivity index (χ2n) is 8.57. The fourth-order valence-corrected chi connectivity index (χ4v) is 4.23. The fraction of sp³-hybridized carbons (Fsp3) is 0.944. The van der Waals surface area contributed by atoms with Gasteiger partial charge in [-0.25, -0.2) is 4.79 Å². The molecule has 5 nitrogen and oxygen atoms in total. The molecular formula is C18H33N3O2. The molecule has 1 amide bonds. The highest BCUT2D eigenvalue weighted by Crippen LogP contribution is 2.28. The van der Waals surface area contributed by atoms with Crippen LogP contribution in [0.5, 0.6) is 0 Å². The lowest BCUT2D eigenvalue weighted by Crippen LogP contribution is -2.56. The number of carbonyl (C=O) groups excluding carboxylic acids is 1. The quantitative estimate of drug-likeness (QED) is 0.862. The van der Waals surface area contributed by atoms with Gasteiger partial charge in [0.25, 0.3) is 0 Å². The molecule has 2 bridgehead atoms. The smallest absolute Gasteiger partial charge is 0.410 e. The minimum Gasteiger partial charge on any atom is -0.444 e. The summed E-state index contributed by atoms with van der Waals surface area (Å²) >= 11 is 0. The first kappa shape index (κ1) is 17.0. The first-order valence-corrected chi connectivity index (χ1v) is 9.34. The number of fused-ring (bicyclic) bond motifs is 3. The maximum Gasteiger partial charge on any atom is 0.410 e. The van der Waals surface area contributed by atoms with Crippen LogP contribution in [0, 0.1) is 11.8 Å². The van der Waals surface area contributed by atoms with Gasteiger partial charge in [-0.1, -0.05) is 0 Å². The summed E-state index contributed by atoms with van der Waals surface area (Å²) < 4.78 is 5.47. The lowest BCUT2D eigenvalue weighted by atomic mass is 9.84. The zero-order valence-corrected chi connectivity index (χ0v) is 15.0. The summed E-state index contributed by atoms with van der Waals surface area (Å²) in [6, 6.07) is 0.695. The van der Waals surface area contributed by atoms with Crippen LogP contribution in [0.25, 0.3) is 0 Å². The maximum atomic E-state index is 12.1. The summed E-state index contributed by atoms with van der Waals surface area (Å²) in [6.07, 6.45) is 4.87. The third-order valence-corrected chi connectivity index (χ3v) is 5.55. The molecule has 4 aliphatic heterocycles. The van der Waals surface area contributed by atoms with Crippen LogP contribution < -0.4 is 5.32 Å². The Balaban J connectivity index is 1.35. The second-order valence-corrected chi connectivity index (χ2v) is 8.57. The Labute approximate surface area is 140 Å². The van der Waals surface area contributed by atoms with E-state index in [1.165, 1.54) is 38.9 Å². The van der Waals surface area contributed by atoms with Gasteiger partial charge in [0, 0.05) is 25.7 Å². The van der Waals surface area contributed by atoms with Crippen LogP contribution in [0.3, 0.4) is 0 Å². The topological polar surface area (TPSA) is 44.8 Å². The number of likely N-dealkylation sites (tertiary alicyclic amines) is 1. The van der Waals surface area contributed by atoms with Crippen molar-refractivity contribution >= 4 is 6.09 Å². The highest BCUT2D eigenvalue weighted by atomic mass is 16.6. The first-order valence-electron chi connectivity index (χ1n) is 9.34. The number of nitrogens with zero attached hydrogens (tertiary/aromatic N) is 2. The molecule has 2 atom stereocenters. The standard InChI is InChI=1S/C18H33N3O2/c1-18(2,3)23-17(22)21-11-5-14(12-21)4-8-19-16-13-20-9-6-15(16)7-10-20/h14-16,19H,4-13H2,1-3H3.